The van der Waals surface area contributed by atoms with Crippen LogP contribution in [0.4, 0.5) is 13.2 Å². The van der Waals surface area contributed by atoms with Crippen LogP contribution < -0.4 is 10.0 Å². The third kappa shape index (κ3) is 3.35. The maximum Gasteiger partial charge on any atom is 0.244 e. The summed E-state index contributed by atoms with van der Waals surface area (Å²) in [5.74, 6) is -5.70. The molecule has 0 aromatic heterocycles. The minimum Gasteiger partial charge on any atom is -0.355 e. The van der Waals surface area contributed by atoms with Crippen molar-refractivity contribution in [1.82, 2.24) is 10.0 Å². The van der Waals surface area contributed by atoms with Crippen LogP contribution in [-0.4, -0.2) is 26.9 Å². The van der Waals surface area contributed by atoms with Crippen LogP contribution in [0.25, 0.3) is 0 Å². The van der Waals surface area contributed by atoms with Gasteiger partial charge in [-0.25, -0.2) is 21.6 Å². The van der Waals surface area contributed by atoms with Crippen LogP contribution in [0.15, 0.2) is 17.0 Å². The van der Waals surface area contributed by atoms with Crippen molar-refractivity contribution in [2.75, 3.05) is 6.54 Å². The normalized spacial score (nSPS) is 20.0. The molecule has 1 aliphatic heterocycles. The van der Waals surface area contributed by atoms with Gasteiger partial charge in [-0.15, -0.1) is 0 Å². The molecule has 1 saturated heterocycles. The van der Waals surface area contributed by atoms with Crippen molar-refractivity contribution in [3.63, 3.8) is 0 Å². The van der Waals surface area contributed by atoms with Crippen molar-refractivity contribution < 1.29 is 26.4 Å². The Morgan fingerprint density at radius 3 is 2.57 bits per heavy atom. The Kier molecular flexibility index (Phi) is 4.52. The number of rotatable bonds is 3. The van der Waals surface area contributed by atoms with E-state index >= 15 is 0 Å². The highest BCUT2D eigenvalue weighted by molar-refractivity contribution is 7.89. The van der Waals surface area contributed by atoms with Gasteiger partial charge < -0.3 is 5.32 Å². The molecule has 2 N–H and O–H groups in total. The summed E-state index contributed by atoms with van der Waals surface area (Å²) in [5, 5.41) is 2.51. The number of hydrogen-bond acceptors (Lipinski definition) is 3. The van der Waals surface area contributed by atoms with Crippen molar-refractivity contribution >= 4 is 15.9 Å². The number of amides is 1. The minimum atomic E-state index is -4.47. The molecule has 1 aromatic carbocycles. The maximum absolute atomic E-state index is 13.6. The molecule has 0 spiro atoms. The van der Waals surface area contributed by atoms with Crippen molar-refractivity contribution in [2.45, 2.75) is 30.2 Å². The van der Waals surface area contributed by atoms with Gasteiger partial charge in [-0.2, -0.15) is 4.72 Å². The molecular weight excluding hydrogens is 309 g/mol. The molecule has 0 unspecified atom stereocenters. The summed E-state index contributed by atoms with van der Waals surface area (Å²) in [6, 6.07) is 0.0650. The second-order valence-electron chi connectivity index (χ2n) is 4.63. The number of benzene rings is 1. The molecule has 116 valence electrons. The molecule has 0 aliphatic carbocycles. The Morgan fingerprint density at radius 1 is 1.14 bits per heavy atom. The summed E-state index contributed by atoms with van der Waals surface area (Å²) in [4.78, 5) is 10.6. The first-order valence-corrected chi connectivity index (χ1v) is 7.75. The van der Waals surface area contributed by atoms with Gasteiger partial charge in [0.05, 0.1) is 0 Å². The van der Waals surface area contributed by atoms with Crippen LogP contribution in [0.5, 0.6) is 0 Å². The van der Waals surface area contributed by atoms with E-state index in [1.54, 1.807) is 0 Å². The Morgan fingerprint density at radius 2 is 1.86 bits per heavy atom. The van der Waals surface area contributed by atoms with Gasteiger partial charge in [0.1, 0.15) is 10.9 Å². The molecular formula is C12H13F3N2O3S. The molecule has 1 heterocycles. The average Bonchev–Trinajstić information content (AvgIpc) is 2.61. The molecule has 9 heteroatoms. The Bertz CT molecular complexity index is 664. The van der Waals surface area contributed by atoms with Gasteiger partial charge in [0.2, 0.25) is 15.9 Å². The zero-order valence-electron chi connectivity index (χ0n) is 10.8. The third-order valence-corrected chi connectivity index (χ3v) is 4.61. The van der Waals surface area contributed by atoms with E-state index in [4.69, 9.17) is 0 Å². The Balaban J connectivity index is 2.30. The molecule has 0 saturated carbocycles. The van der Waals surface area contributed by atoms with E-state index in [1.165, 1.54) is 0 Å². The van der Waals surface area contributed by atoms with Crippen LogP contribution in [0.3, 0.4) is 0 Å². The summed E-state index contributed by atoms with van der Waals surface area (Å²) in [6.45, 7) is 0.427. The third-order valence-electron chi connectivity index (χ3n) is 3.12. The van der Waals surface area contributed by atoms with E-state index in [1.807, 2.05) is 4.72 Å². The lowest BCUT2D eigenvalue weighted by Gasteiger charge is -2.15. The number of carbonyl (C=O) groups is 1. The Hall–Kier alpha value is -1.61. The molecule has 0 bridgehead atoms. The largest absolute Gasteiger partial charge is 0.355 e. The summed E-state index contributed by atoms with van der Waals surface area (Å²) < 4.78 is 65.6. The second-order valence-corrected chi connectivity index (χ2v) is 6.32. The standard InChI is InChI=1S/C12H13F3N2O3S/c13-7-4-5-9(11(15)10(7)14)21(19,20)17-8-3-1-2-6-16-12(8)18/h4-5,8,17H,1-3,6H2,(H,16,18)/t8-/m1/s1. The lowest BCUT2D eigenvalue weighted by atomic mass is 10.1. The van der Waals surface area contributed by atoms with E-state index in [0.29, 0.717) is 31.5 Å². The fraction of sp³-hybridized carbons (Fsp3) is 0.417. The zero-order chi connectivity index (χ0) is 15.6. The van der Waals surface area contributed by atoms with Crippen LogP contribution >= 0.6 is 0 Å². The lowest BCUT2D eigenvalue weighted by molar-refractivity contribution is -0.122. The molecule has 1 fully saturated rings. The SMILES string of the molecule is O=C1NCCCC[C@H]1NS(=O)(=O)c1ccc(F)c(F)c1F. The van der Waals surface area contributed by atoms with Gasteiger partial charge in [0.15, 0.2) is 17.5 Å². The number of carbonyl (C=O) groups excluding carboxylic acids is 1. The first-order chi connectivity index (χ1) is 9.83. The van der Waals surface area contributed by atoms with E-state index in [2.05, 4.69) is 5.32 Å². The van der Waals surface area contributed by atoms with Gasteiger partial charge >= 0.3 is 0 Å². The molecule has 21 heavy (non-hydrogen) atoms. The summed E-state index contributed by atoms with van der Waals surface area (Å²) in [7, 11) is -4.47. The van der Waals surface area contributed by atoms with E-state index in [-0.39, 0.29) is 6.42 Å². The van der Waals surface area contributed by atoms with Crippen LogP contribution in [0.2, 0.25) is 0 Å². The number of sulfonamides is 1. The smallest absolute Gasteiger partial charge is 0.244 e. The number of hydrogen-bond donors (Lipinski definition) is 2. The van der Waals surface area contributed by atoms with Gasteiger partial charge in [-0.3, -0.25) is 4.79 Å². The average molecular weight is 322 g/mol. The summed E-state index contributed by atoms with van der Waals surface area (Å²) in [5.41, 5.74) is 0. The molecule has 0 radical (unpaired) electrons. The first-order valence-electron chi connectivity index (χ1n) is 6.26. The fourth-order valence-corrected chi connectivity index (χ4v) is 3.32. The van der Waals surface area contributed by atoms with Gasteiger partial charge in [0.25, 0.3) is 0 Å². The summed E-state index contributed by atoms with van der Waals surface area (Å²) >= 11 is 0. The summed E-state index contributed by atoms with van der Waals surface area (Å²) in [6.07, 6.45) is 1.55. The molecule has 5 nitrogen and oxygen atoms in total. The predicted molar refractivity (Wildman–Crippen MR) is 67.3 cm³/mol. The fourth-order valence-electron chi connectivity index (χ4n) is 2.02. The van der Waals surface area contributed by atoms with E-state index < -0.39 is 44.3 Å². The van der Waals surface area contributed by atoms with E-state index in [0.717, 1.165) is 0 Å². The van der Waals surface area contributed by atoms with Gasteiger partial charge in [-0.1, -0.05) is 0 Å². The first kappa shape index (κ1) is 15.8. The highest BCUT2D eigenvalue weighted by atomic mass is 32.2. The van der Waals surface area contributed by atoms with Crippen LogP contribution in [0.1, 0.15) is 19.3 Å². The van der Waals surface area contributed by atoms with Crippen molar-refractivity contribution in [1.29, 1.82) is 0 Å². The molecule has 1 amide bonds. The van der Waals surface area contributed by atoms with Gasteiger partial charge in [0, 0.05) is 6.54 Å². The van der Waals surface area contributed by atoms with Crippen molar-refractivity contribution in [3.8, 4) is 0 Å². The number of nitrogens with one attached hydrogen (secondary N) is 2. The minimum absolute atomic E-state index is 0.246. The highest BCUT2D eigenvalue weighted by Gasteiger charge is 2.30. The Labute approximate surface area is 119 Å². The quantitative estimate of drug-likeness (QED) is 0.817. The molecule has 1 aliphatic rings. The molecule has 1 atom stereocenters. The second kappa shape index (κ2) is 6.02. The van der Waals surface area contributed by atoms with Crippen molar-refractivity contribution in [3.05, 3.63) is 29.6 Å². The lowest BCUT2D eigenvalue weighted by Crippen LogP contribution is -2.45. The van der Waals surface area contributed by atoms with Gasteiger partial charge in [-0.05, 0) is 31.4 Å². The van der Waals surface area contributed by atoms with E-state index in [9.17, 15) is 26.4 Å². The molecule has 1 aromatic rings. The molecule has 2 rings (SSSR count). The maximum atomic E-state index is 13.6. The monoisotopic (exact) mass is 322 g/mol. The topological polar surface area (TPSA) is 75.3 Å². The predicted octanol–water partition coefficient (Wildman–Crippen LogP) is 1.05. The van der Waals surface area contributed by atoms with Crippen molar-refractivity contribution in [2.24, 2.45) is 0 Å². The highest BCUT2D eigenvalue weighted by Crippen LogP contribution is 2.20. The van der Waals surface area contributed by atoms with Crippen LogP contribution in [0, 0.1) is 17.5 Å². The number of halogens is 3. The van der Waals surface area contributed by atoms with Crippen LogP contribution in [-0.2, 0) is 14.8 Å². The zero-order valence-corrected chi connectivity index (χ0v) is 11.6.